The highest BCUT2D eigenvalue weighted by Gasteiger charge is 2.25. The summed E-state index contributed by atoms with van der Waals surface area (Å²) < 4.78 is 13.9. The summed E-state index contributed by atoms with van der Waals surface area (Å²) in [5.41, 5.74) is 0. The Morgan fingerprint density at radius 1 is 1.42 bits per heavy atom. The fourth-order valence-corrected chi connectivity index (χ4v) is 2.40. The Balaban J connectivity index is 2.18. The molecule has 0 amide bonds. The summed E-state index contributed by atoms with van der Waals surface area (Å²) in [5.74, 6) is 0.560. The minimum atomic E-state index is -0.346. The molecule has 0 bridgehead atoms. The van der Waals surface area contributed by atoms with Gasteiger partial charge < -0.3 is 10.2 Å². The van der Waals surface area contributed by atoms with Gasteiger partial charge in [0.05, 0.1) is 6.20 Å². The molecule has 106 valence electrons. The van der Waals surface area contributed by atoms with E-state index in [-0.39, 0.29) is 5.82 Å². The molecule has 1 aliphatic rings. The lowest BCUT2D eigenvalue weighted by atomic mass is 10.1. The van der Waals surface area contributed by atoms with E-state index in [4.69, 9.17) is 0 Å². The first-order chi connectivity index (χ1) is 9.15. The van der Waals surface area contributed by atoms with Crippen molar-refractivity contribution in [2.24, 2.45) is 0 Å². The molecule has 6 heteroatoms. The highest BCUT2D eigenvalue weighted by atomic mass is 19.1. The second-order valence-corrected chi connectivity index (χ2v) is 4.88. The average molecular weight is 267 g/mol. The van der Waals surface area contributed by atoms with Crippen molar-refractivity contribution in [3.8, 4) is 0 Å². The third-order valence-electron chi connectivity index (χ3n) is 3.61. The monoisotopic (exact) mass is 267 g/mol. The third kappa shape index (κ3) is 3.12. The van der Waals surface area contributed by atoms with E-state index in [9.17, 15) is 4.39 Å². The Labute approximate surface area is 113 Å². The lowest BCUT2D eigenvalue weighted by Gasteiger charge is -2.39. The summed E-state index contributed by atoms with van der Waals surface area (Å²) in [4.78, 5) is 12.6. The van der Waals surface area contributed by atoms with Crippen LogP contribution in [-0.4, -0.2) is 54.1 Å². The quantitative estimate of drug-likeness (QED) is 0.897. The summed E-state index contributed by atoms with van der Waals surface area (Å²) >= 11 is 0. The van der Waals surface area contributed by atoms with Crippen molar-refractivity contribution in [2.75, 3.05) is 43.4 Å². The first kappa shape index (κ1) is 14.0. The predicted octanol–water partition coefficient (Wildman–Crippen LogP) is 1.58. The number of rotatable bonds is 4. The second kappa shape index (κ2) is 6.14. The number of hydrogen-bond donors (Lipinski definition) is 1. The van der Waals surface area contributed by atoms with Crippen LogP contribution in [0.15, 0.2) is 6.20 Å². The lowest BCUT2D eigenvalue weighted by molar-refractivity contribution is 0.212. The van der Waals surface area contributed by atoms with E-state index in [1.165, 1.54) is 6.20 Å². The van der Waals surface area contributed by atoms with Gasteiger partial charge in [0.25, 0.3) is 0 Å². The van der Waals surface area contributed by atoms with Crippen molar-refractivity contribution in [3.05, 3.63) is 12.0 Å². The van der Waals surface area contributed by atoms with Gasteiger partial charge in [-0.25, -0.2) is 9.37 Å². The largest absolute Gasteiger partial charge is 0.354 e. The molecule has 0 spiro atoms. The zero-order valence-electron chi connectivity index (χ0n) is 11.9. The Hall–Kier alpha value is -1.43. The standard InChI is InChI=1S/C13H22FN5/c1-4-10-9-19(7-6-18(10)3)12-11(14)8-16-13(17-12)15-5-2/h8,10H,4-7,9H2,1-3H3,(H,15,16,17). The van der Waals surface area contributed by atoms with E-state index in [2.05, 4.69) is 34.2 Å². The molecular formula is C13H22FN5. The van der Waals surface area contributed by atoms with Crippen molar-refractivity contribution in [1.29, 1.82) is 0 Å². The van der Waals surface area contributed by atoms with Crippen LogP contribution in [0.4, 0.5) is 16.2 Å². The molecule has 19 heavy (non-hydrogen) atoms. The molecule has 1 N–H and O–H groups in total. The molecule has 1 aromatic heterocycles. The highest BCUT2D eigenvalue weighted by Crippen LogP contribution is 2.21. The molecule has 1 aromatic rings. The van der Waals surface area contributed by atoms with Gasteiger partial charge in [0.2, 0.25) is 5.95 Å². The number of likely N-dealkylation sites (N-methyl/N-ethyl adjacent to an activating group) is 1. The van der Waals surface area contributed by atoms with Crippen LogP contribution >= 0.6 is 0 Å². The molecule has 0 aliphatic carbocycles. The molecule has 0 saturated carbocycles. The summed E-state index contributed by atoms with van der Waals surface area (Å²) in [6.07, 6.45) is 2.30. The third-order valence-corrected chi connectivity index (χ3v) is 3.61. The highest BCUT2D eigenvalue weighted by molar-refractivity contribution is 5.44. The molecule has 1 saturated heterocycles. The maximum Gasteiger partial charge on any atom is 0.224 e. The Kier molecular flexibility index (Phi) is 4.52. The number of aromatic nitrogens is 2. The molecule has 0 aromatic carbocycles. The van der Waals surface area contributed by atoms with Gasteiger partial charge >= 0.3 is 0 Å². The SMILES string of the molecule is CCNc1ncc(F)c(N2CCN(C)C(CC)C2)n1. The summed E-state index contributed by atoms with van der Waals surface area (Å²) in [5, 5.41) is 3.02. The van der Waals surface area contributed by atoms with Gasteiger partial charge in [-0.05, 0) is 20.4 Å². The van der Waals surface area contributed by atoms with Crippen LogP contribution in [0.2, 0.25) is 0 Å². The Morgan fingerprint density at radius 3 is 2.89 bits per heavy atom. The van der Waals surface area contributed by atoms with Gasteiger partial charge in [-0.15, -0.1) is 0 Å². The van der Waals surface area contributed by atoms with Crippen molar-refractivity contribution in [3.63, 3.8) is 0 Å². The van der Waals surface area contributed by atoms with Gasteiger partial charge in [0.15, 0.2) is 11.6 Å². The van der Waals surface area contributed by atoms with Gasteiger partial charge in [-0.2, -0.15) is 4.98 Å². The molecule has 0 radical (unpaired) electrons. The number of nitrogens with one attached hydrogen (secondary N) is 1. The topological polar surface area (TPSA) is 44.3 Å². The fourth-order valence-electron chi connectivity index (χ4n) is 2.40. The fraction of sp³-hybridized carbons (Fsp3) is 0.692. The maximum absolute atomic E-state index is 13.9. The smallest absolute Gasteiger partial charge is 0.224 e. The van der Waals surface area contributed by atoms with Crippen molar-refractivity contribution in [2.45, 2.75) is 26.3 Å². The number of hydrogen-bond acceptors (Lipinski definition) is 5. The van der Waals surface area contributed by atoms with E-state index in [0.717, 1.165) is 32.6 Å². The van der Waals surface area contributed by atoms with Gasteiger partial charge in [0.1, 0.15) is 0 Å². The molecule has 1 aliphatic heterocycles. The number of anilines is 2. The number of halogens is 1. The predicted molar refractivity (Wildman–Crippen MR) is 75.1 cm³/mol. The molecule has 1 unspecified atom stereocenters. The van der Waals surface area contributed by atoms with Crippen molar-refractivity contribution < 1.29 is 4.39 Å². The summed E-state index contributed by atoms with van der Waals surface area (Å²) in [6.45, 7) is 7.39. The minimum Gasteiger partial charge on any atom is -0.354 e. The number of piperazine rings is 1. The van der Waals surface area contributed by atoms with E-state index < -0.39 is 0 Å². The zero-order chi connectivity index (χ0) is 13.8. The van der Waals surface area contributed by atoms with E-state index in [0.29, 0.717) is 17.8 Å². The van der Waals surface area contributed by atoms with Crippen LogP contribution in [0.1, 0.15) is 20.3 Å². The molecule has 1 atom stereocenters. The molecular weight excluding hydrogens is 245 g/mol. The second-order valence-electron chi connectivity index (χ2n) is 4.88. The van der Waals surface area contributed by atoms with Gasteiger partial charge in [0, 0.05) is 32.2 Å². The molecule has 2 heterocycles. The lowest BCUT2D eigenvalue weighted by Crippen LogP contribution is -2.51. The van der Waals surface area contributed by atoms with Gasteiger partial charge in [-0.3, -0.25) is 4.90 Å². The van der Waals surface area contributed by atoms with Crippen molar-refractivity contribution in [1.82, 2.24) is 14.9 Å². The number of nitrogens with zero attached hydrogens (tertiary/aromatic N) is 4. The molecule has 1 fully saturated rings. The van der Waals surface area contributed by atoms with Crippen LogP contribution in [0, 0.1) is 5.82 Å². The normalized spacial score (nSPS) is 20.6. The van der Waals surface area contributed by atoms with Crippen molar-refractivity contribution >= 4 is 11.8 Å². The van der Waals surface area contributed by atoms with Crippen LogP contribution in [0.5, 0.6) is 0 Å². The average Bonchev–Trinajstić information content (AvgIpc) is 2.42. The van der Waals surface area contributed by atoms with E-state index >= 15 is 0 Å². The Bertz CT molecular complexity index is 425. The molecule has 2 rings (SSSR count). The zero-order valence-corrected chi connectivity index (χ0v) is 11.9. The van der Waals surface area contributed by atoms with Crippen LogP contribution in [0.25, 0.3) is 0 Å². The van der Waals surface area contributed by atoms with E-state index in [1.54, 1.807) is 0 Å². The van der Waals surface area contributed by atoms with Crippen LogP contribution < -0.4 is 10.2 Å². The summed E-state index contributed by atoms with van der Waals surface area (Å²) in [6, 6.07) is 0.450. The van der Waals surface area contributed by atoms with Crippen LogP contribution in [-0.2, 0) is 0 Å². The minimum absolute atomic E-state index is 0.346. The van der Waals surface area contributed by atoms with E-state index in [1.807, 2.05) is 11.8 Å². The van der Waals surface area contributed by atoms with Crippen LogP contribution in [0.3, 0.4) is 0 Å². The maximum atomic E-state index is 13.9. The Morgan fingerprint density at radius 2 is 2.21 bits per heavy atom. The van der Waals surface area contributed by atoms with Gasteiger partial charge in [-0.1, -0.05) is 6.92 Å². The summed E-state index contributed by atoms with van der Waals surface area (Å²) in [7, 11) is 2.12. The first-order valence-corrected chi connectivity index (χ1v) is 6.87. The first-order valence-electron chi connectivity index (χ1n) is 6.87. The molecule has 5 nitrogen and oxygen atoms in total.